The van der Waals surface area contributed by atoms with Crippen molar-refractivity contribution in [2.45, 2.75) is 57.6 Å². The van der Waals surface area contributed by atoms with Gasteiger partial charge in [-0.3, -0.25) is 0 Å². The number of hydrogen-bond acceptors (Lipinski definition) is 3. The molecule has 0 aromatic heterocycles. The molecule has 1 saturated carbocycles. The fraction of sp³-hybridized carbons (Fsp3) is 0.667. The molecular weight excluding hydrogens is 262 g/mol. The van der Waals surface area contributed by atoms with Gasteiger partial charge in [0.15, 0.2) is 0 Å². The summed E-state index contributed by atoms with van der Waals surface area (Å²) in [5.74, 6) is 1.87. The van der Waals surface area contributed by atoms with Crippen LogP contribution in [0.25, 0.3) is 0 Å². The molecule has 1 aromatic rings. The van der Waals surface area contributed by atoms with Gasteiger partial charge >= 0.3 is 0 Å². The topological polar surface area (TPSA) is 30.5 Å². The first-order valence-corrected chi connectivity index (χ1v) is 8.01. The maximum absolute atomic E-state index is 6.55. The van der Waals surface area contributed by atoms with Crippen LogP contribution in [0.15, 0.2) is 18.2 Å². The van der Waals surface area contributed by atoms with E-state index in [1.165, 1.54) is 18.4 Å². The lowest BCUT2D eigenvalue weighted by Gasteiger charge is -2.49. The van der Waals surface area contributed by atoms with Crippen molar-refractivity contribution in [1.29, 1.82) is 0 Å². The summed E-state index contributed by atoms with van der Waals surface area (Å²) in [4.78, 5) is 0. The van der Waals surface area contributed by atoms with Crippen molar-refractivity contribution in [3.05, 3.63) is 23.8 Å². The van der Waals surface area contributed by atoms with E-state index in [-0.39, 0.29) is 5.60 Å². The Morgan fingerprint density at radius 2 is 2.10 bits per heavy atom. The highest BCUT2D eigenvalue weighted by Gasteiger charge is 2.46. The van der Waals surface area contributed by atoms with Crippen molar-refractivity contribution in [2.24, 2.45) is 5.41 Å². The number of benzene rings is 1. The van der Waals surface area contributed by atoms with E-state index in [2.05, 4.69) is 25.2 Å². The number of ether oxygens (including phenoxy) is 2. The molecule has 3 heteroatoms. The third-order valence-electron chi connectivity index (χ3n) is 5.13. The van der Waals surface area contributed by atoms with Gasteiger partial charge < -0.3 is 14.8 Å². The van der Waals surface area contributed by atoms with Crippen LogP contribution in [0.1, 0.15) is 57.6 Å². The summed E-state index contributed by atoms with van der Waals surface area (Å²) in [6.45, 7) is 4.74. The first-order chi connectivity index (χ1) is 9.97. The van der Waals surface area contributed by atoms with E-state index in [0.717, 1.165) is 30.8 Å². The van der Waals surface area contributed by atoms with Crippen LogP contribution in [0, 0.1) is 5.41 Å². The number of rotatable bonds is 2. The maximum Gasteiger partial charge on any atom is 0.128 e. The van der Waals surface area contributed by atoms with Gasteiger partial charge in [0.05, 0.1) is 7.11 Å². The van der Waals surface area contributed by atoms with Crippen LogP contribution < -0.4 is 14.8 Å². The van der Waals surface area contributed by atoms with Crippen molar-refractivity contribution in [3.63, 3.8) is 0 Å². The van der Waals surface area contributed by atoms with E-state index in [1.807, 2.05) is 19.2 Å². The number of fused-ring (bicyclic) bond motifs is 1. The Bertz CT molecular complexity index is 526. The molecule has 1 aliphatic carbocycles. The number of hydrogen-bond donors (Lipinski definition) is 1. The van der Waals surface area contributed by atoms with Crippen molar-refractivity contribution < 1.29 is 9.47 Å². The molecule has 21 heavy (non-hydrogen) atoms. The third kappa shape index (κ3) is 2.76. The van der Waals surface area contributed by atoms with E-state index < -0.39 is 0 Å². The van der Waals surface area contributed by atoms with Gasteiger partial charge in [0, 0.05) is 24.1 Å². The number of methoxy groups -OCH3 is 1. The molecule has 1 N–H and O–H groups in total. The SMILES string of the molecule is CNC1CC2(CCCC(C)(C)C2)Oc2cc(OC)ccc21. The molecule has 1 heterocycles. The Kier molecular flexibility index (Phi) is 3.64. The van der Waals surface area contributed by atoms with Gasteiger partial charge in [-0.2, -0.15) is 0 Å². The van der Waals surface area contributed by atoms with Gasteiger partial charge in [-0.05, 0) is 44.2 Å². The van der Waals surface area contributed by atoms with Crippen molar-refractivity contribution in [1.82, 2.24) is 5.32 Å². The van der Waals surface area contributed by atoms with E-state index in [9.17, 15) is 0 Å². The summed E-state index contributed by atoms with van der Waals surface area (Å²) in [5, 5.41) is 3.48. The summed E-state index contributed by atoms with van der Waals surface area (Å²) in [5.41, 5.74) is 1.61. The van der Waals surface area contributed by atoms with Crippen LogP contribution in [0.2, 0.25) is 0 Å². The average Bonchev–Trinajstić information content (AvgIpc) is 2.44. The molecule has 0 radical (unpaired) electrons. The normalized spacial score (nSPS) is 30.6. The summed E-state index contributed by atoms with van der Waals surface area (Å²) in [6.07, 6.45) is 5.91. The van der Waals surface area contributed by atoms with Gasteiger partial charge in [-0.25, -0.2) is 0 Å². The largest absolute Gasteiger partial charge is 0.497 e. The van der Waals surface area contributed by atoms with Gasteiger partial charge in [0.1, 0.15) is 17.1 Å². The smallest absolute Gasteiger partial charge is 0.128 e. The van der Waals surface area contributed by atoms with E-state index in [1.54, 1.807) is 7.11 Å². The van der Waals surface area contributed by atoms with Crippen molar-refractivity contribution >= 4 is 0 Å². The molecule has 0 amide bonds. The summed E-state index contributed by atoms with van der Waals surface area (Å²) >= 11 is 0. The summed E-state index contributed by atoms with van der Waals surface area (Å²) in [7, 11) is 3.76. The van der Waals surface area contributed by atoms with Gasteiger partial charge in [0.25, 0.3) is 0 Å². The highest BCUT2D eigenvalue weighted by molar-refractivity contribution is 5.44. The highest BCUT2D eigenvalue weighted by Crippen LogP contribution is 2.51. The van der Waals surface area contributed by atoms with Crippen LogP contribution in [-0.2, 0) is 0 Å². The lowest BCUT2D eigenvalue weighted by molar-refractivity contribution is -0.0414. The van der Waals surface area contributed by atoms with E-state index in [0.29, 0.717) is 11.5 Å². The Balaban J connectivity index is 1.96. The minimum atomic E-state index is -0.0191. The molecular formula is C18H27NO2. The maximum atomic E-state index is 6.55. The van der Waals surface area contributed by atoms with Crippen LogP contribution in [0.5, 0.6) is 11.5 Å². The van der Waals surface area contributed by atoms with Crippen LogP contribution in [0.3, 0.4) is 0 Å². The Hall–Kier alpha value is -1.22. The molecule has 0 saturated heterocycles. The second kappa shape index (κ2) is 5.20. The van der Waals surface area contributed by atoms with Gasteiger partial charge in [-0.15, -0.1) is 0 Å². The minimum absolute atomic E-state index is 0.0191. The molecule has 1 spiro atoms. The second-order valence-corrected chi connectivity index (χ2v) is 7.43. The molecule has 1 aliphatic heterocycles. The molecule has 3 nitrogen and oxygen atoms in total. The average molecular weight is 289 g/mol. The number of nitrogens with one attached hydrogen (secondary N) is 1. The molecule has 3 rings (SSSR count). The van der Waals surface area contributed by atoms with Crippen molar-refractivity contribution in [3.8, 4) is 11.5 Å². The molecule has 2 aliphatic rings. The first kappa shape index (κ1) is 14.7. The zero-order valence-corrected chi connectivity index (χ0v) is 13.7. The zero-order valence-electron chi connectivity index (χ0n) is 13.7. The molecule has 1 fully saturated rings. The quantitative estimate of drug-likeness (QED) is 0.890. The van der Waals surface area contributed by atoms with E-state index >= 15 is 0 Å². The predicted octanol–water partition coefficient (Wildman–Crippen LogP) is 4.08. The lowest BCUT2D eigenvalue weighted by atomic mass is 9.66. The molecule has 116 valence electrons. The predicted molar refractivity (Wildman–Crippen MR) is 85.0 cm³/mol. The lowest BCUT2D eigenvalue weighted by Crippen LogP contribution is -2.48. The van der Waals surface area contributed by atoms with Crippen molar-refractivity contribution in [2.75, 3.05) is 14.2 Å². The zero-order chi connectivity index (χ0) is 15.1. The molecule has 1 aromatic carbocycles. The summed E-state index contributed by atoms with van der Waals surface area (Å²) < 4.78 is 11.9. The highest BCUT2D eigenvalue weighted by atomic mass is 16.5. The van der Waals surface area contributed by atoms with Gasteiger partial charge in [0.2, 0.25) is 0 Å². The standard InChI is InChI=1S/C18H27NO2/c1-17(2)8-5-9-18(12-17)11-15(19-3)14-7-6-13(20-4)10-16(14)21-18/h6-7,10,15,19H,5,8-9,11-12H2,1-4H3. The molecule has 2 unspecified atom stereocenters. The van der Waals surface area contributed by atoms with Crippen LogP contribution >= 0.6 is 0 Å². The third-order valence-corrected chi connectivity index (χ3v) is 5.13. The monoisotopic (exact) mass is 289 g/mol. The second-order valence-electron chi connectivity index (χ2n) is 7.43. The Labute approximate surface area is 128 Å². The fourth-order valence-corrected chi connectivity index (χ4v) is 4.23. The Morgan fingerprint density at radius 1 is 1.29 bits per heavy atom. The molecule has 0 bridgehead atoms. The minimum Gasteiger partial charge on any atom is -0.497 e. The first-order valence-electron chi connectivity index (χ1n) is 8.01. The summed E-state index contributed by atoms with van der Waals surface area (Å²) in [6, 6.07) is 6.57. The fourth-order valence-electron chi connectivity index (χ4n) is 4.23. The van der Waals surface area contributed by atoms with Crippen LogP contribution in [0.4, 0.5) is 0 Å². The van der Waals surface area contributed by atoms with Crippen LogP contribution in [-0.4, -0.2) is 19.8 Å². The van der Waals surface area contributed by atoms with E-state index in [4.69, 9.17) is 9.47 Å². The Morgan fingerprint density at radius 3 is 2.76 bits per heavy atom. The molecule has 2 atom stereocenters. The van der Waals surface area contributed by atoms with Gasteiger partial charge in [-0.1, -0.05) is 19.9 Å².